The van der Waals surface area contributed by atoms with E-state index in [1.165, 1.54) is 18.2 Å². The number of aromatic hydroxyl groups is 1. The van der Waals surface area contributed by atoms with Crippen LogP contribution < -0.4 is 5.32 Å². The smallest absolute Gasteiger partial charge is 0.338 e. The van der Waals surface area contributed by atoms with E-state index in [2.05, 4.69) is 26.1 Å². The maximum atomic E-state index is 11.9. The second-order valence-electron chi connectivity index (χ2n) is 7.30. The number of ether oxygens (including phenoxy) is 1. The van der Waals surface area contributed by atoms with Gasteiger partial charge in [0, 0.05) is 5.54 Å². The molecule has 0 saturated heterocycles. The molecule has 1 aromatic rings. The van der Waals surface area contributed by atoms with Crippen LogP contribution in [-0.4, -0.2) is 29.1 Å². The van der Waals surface area contributed by atoms with Crippen LogP contribution in [0.5, 0.6) is 5.75 Å². The SMILES string of the molecule is CC(C)(C)CC(C)(C)NC(=O)COC(=O)c1cccc(O)c1. The minimum absolute atomic E-state index is 0.0230. The minimum atomic E-state index is -0.639. The lowest BCUT2D eigenvalue weighted by Crippen LogP contribution is -2.47. The van der Waals surface area contributed by atoms with Crippen LogP contribution in [0.25, 0.3) is 0 Å². The molecule has 0 aliphatic rings. The number of hydrogen-bond acceptors (Lipinski definition) is 4. The van der Waals surface area contributed by atoms with Crippen LogP contribution in [0.15, 0.2) is 24.3 Å². The number of rotatable bonds is 5. The van der Waals surface area contributed by atoms with Crippen molar-refractivity contribution < 1.29 is 19.4 Å². The lowest BCUT2D eigenvalue weighted by Gasteiger charge is -2.33. The molecule has 1 aromatic carbocycles. The second kappa shape index (κ2) is 6.81. The number of benzene rings is 1. The van der Waals surface area contributed by atoms with Crippen molar-refractivity contribution in [3.63, 3.8) is 0 Å². The number of nitrogens with one attached hydrogen (secondary N) is 1. The van der Waals surface area contributed by atoms with Gasteiger partial charge >= 0.3 is 5.97 Å². The van der Waals surface area contributed by atoms with E-state index in [-0.39, 0.29) is 34.8 Å². The predicted octanol–water partition coefficient (Wildman–Crippen LogP) is 2.88. The number of esters is 1. The summed E-state index contributed by atoms with van der Waals surface area (Å²) in [7, 11) is 0. The molecule has 1 amide bonds. The van der Waals surface area contributed by atoms with E-state index < -0.39 is 5.97 Å². The number of phenolic OH excluding ortho intramolecular Hbond substituents is 1. The Morgan fingerprint density at radius 3 is 2.36 bits per heavy atom. The highest BCUT2D eigenvalue weighted by atomic mass is 16.5. The highest BCUT2D eigenvalue weighted by molar-refractivity contribution is 5.91. The molecular formula is C17H25NO4. The number of hydrogen-bond donors (Lipinski definition) is 2. The van der Waals surface area contributed by atoms with Crippen LogP contribution >= 0.6 is 0 Å². The monoisotopic (exact) mass is 307 g/mol. The maximum absolute atomic E-state index is 11.9. The summed E-state index contributed by atoms with van der Waals surface area (Å²) in [6.07, 6.45) is 0.798. The van der Waals surface area contributed by atoms with Gasteiger partial charge in [-0.3, -0.25) is 4.79 Å². The Morgan fingerprint density at radius 2 is 1.82 bits per heavy atom. The van der Waals surface area contributed by atoms with Crippen molar-refractivity contribution in [1.29, 1.82) is 0 Å². The van der Waals surface area contributed by atoms with Crippen LogP contribution in [0.2, 0.25) is 0 Å². The van der Waals surface area contributed by atoms with Crippen molar-refractivity contribution >= 4 is 11.9 Å². The van der Waals surface area contributed by atoms with E-state index in [4.69, 9.17) is 4.74 Å². The Labute approximate surface area is 131 Å². The Hall–Kier alpha value is -2.04. The third-order valence-corrected chi connectivity index (χ3v) is 2.87. The van der Waals surface area contributed by atoms with Crippen molar-refractivity contribution in [3.05, 3.63) is 29.8 Å². The zero-order valence-corrected chi connectivity index (χ0v) is 13.9. The largest absolute Gasteiger partial charge is 0.508 e. The normalized spacial score (nSPS) is 11.9. The number of carbonyl (C=O) groups excluding carboxylic acids is 2. The summed E-state index contributed by atoms with van der Waals surface area (Å²) in [5.74, 6) is -1.01. The lowest BCUT2D eigenvalue weighted by atomic mass is 9.82. The Morgan fingerprint density at radius 1 is 1.18 bits per heavy atom. The molecule has 0 fully saturated rings. The molecule has 0 spiro atoms. The summed E-state index contributed by atoms with van der Waals surface area (Å²) in [6.45, 7) is 9.83. The van der Waals surface area contributed by atoms with E-state index >= 15 is 0 Å². The molecule has 5 heteroatoms. The molecule has 0 unspecified atom stereocenters. The van der Waals surface area contributed by atoms with E-state index in [0.29, 0.717) is 0 Å². The van der Waals surface area contributed by atoms with Gasteiger partial charge in [-0.1, -0.05) is 26.8 Å². The summed E-state index contributed by atoms with van der Waals surface area (Å²) in [5.41, 5.74) is -0.0938. The molecule has 0 atom stereocenters. The van der Waals surface area contributed by atoms with Gasteiger partial charge in [0.1, 0.15) is 5.75 Å². The summed E-state index contributed by atoms with van der Waals surface area (Å²) < 4.78 is 4.96. The van der Waals surface area contributed by atoms with Crippen LogP contribution in [-0.2, 0) is 9.53 Å². The fourth-order valence-corrected chi connectivity index (χ4v) is 2.63. The Bertz CT molecular complexity index is 544. The quantitative estimate of drug-likeness (QED) is 0.820. The maximum Gasteiger partial charge on any atom is 0.338 e. The predicted molar refractivity (Wildman–Crippen MR) is 84.7 cm³/mol. The van der Waals surface area contributed by atoms with Crippen molar-refractivity contribution in [1.82, 2.24) is 5.32 Å². The molecule has 0 aliphatic carbocycles. The molecule has 22 heavy (non-hydrogen) atoms. The van der Waals surface area contributed by atoms with Gasteiger partial charge in [0.15, 0.2) is 6.61 Å². The lowest BCUT2D eigenvalue weighted by molar-refractivity contribution is -0.126. The third kappa shape index (κ3) is 6.61. The van der Waals surface area contributed by atoms with Gasteiger partial charge in [-0.2, -0.15) is 0 Å². The van der Waals surface area contributed by atoms with Gasteiger partial charge in [-0.15, -0.1) is 0 Å². The summed E-state index contributed by atoms with van der Waals surface area (Å²) in [4.78, 5) is 23.7. The zero-order valence-electron chi connectivity index (χ0n) is 13.9. The van der Waals surface area contributed by atoms with Gasteiger partial charge < -0.3 is 15.2 Å². The Kier molecular flexibility index (Phi) is 5.58. The number of phenols is 1. The van der Waals surface area contributed by atoms with Gasteiger partial charge in [-0.25, -0.2) is 4.79 Å². The fourth-order valence-electron chi connectivity index (χ4n) is 2.63. The minimum Gasteiger partial charge on any atom is -0.508 e. The van der Waals surface area contributed by atoms with Gasteiger partial charge in [0.05, 0.1) is 5.56 Å². The van der Waals surface area contributed by atoms with E-state index in [1.807, 2.05) is 13.8 Å². The molecule has 5 nitrogen and oxygen atoms in total. The molecule has 0 bridgehead atoms. The van der Waals surface area contributed by atoms with Crippen molar-refractivity contribution in [3.8, 4) is 5.75 Å². The van der Waals surface area contributed by atoms with Crippen LogP contribution in [0.4, 0.5) is 0 Å². The zero-order chi connectivity index (χ0) is 17.0. The van der Waals surface area contributed by atoms with Crippen LogP contribution in [0.3, 0.4) is 0 Å². The topological polar surface area (TPSA) is 75.6 Å². The van der Waals surface area contributed by atoms with Gasteiger partial charge in [0.2, 0.25) is 0 Å². The summed E-state index contributed by atoms with van der Waals surface area (Å²) in [5, 5.41) is 12.2. The van der Waals surface area contributed by atoms with Crippen molar-refractivity contribution in [2.24, 2.45) is 5.41 Å². The summed E-state index contributed by atoms with van der Waals surface area (Å²) in [6, 6.07) is 5.81. The average Bonchev–Trinajstić information content (AvgIpc) is 2.32. The molecule has 122 valence electrons. The van der Waals surface area contributed by atoms with Crippen LogP contribution in [0, 0.1) is 5.41 Å². The summed E-state index contributed by atoms with van der Waals surface area (Å²) >= 11 is 0. The first kappa shape index (κ1) is 18.0. The van der Waals surface area contributed by atoms with Gasteiger partial charge in [0.25, 0.3) is 5.91 Å². The van der Waals surface area contributed by atoms with Crippen molar-refractivity contribution in [2.75, 3.05) is 6.61 Å². The van der Waals surface area contributed by atoms with Gasteiger partial charge in [-0.05, 0) is 43.9 Å². The molecular weight excluding hydrogens is 282 g/mol. The van der Waals surface area contributed by atoms with E-state index in [9.17, 15) is 14.7 Å². The molecule has 2 N–H and O–H groups in total. The molecule has 0 aromatic heterocycles. The highest BCUT2D eigenvalue weighted by Gasteiger charge is 2.27. The molecule has 0 radical (unpaired) electrons. The van der Waals surface area contributed by atoms with E-state index in [0.717, 1.165) is 6.42 Å². The highest BCUT2D eigenvalue weighted by Crippen LogP contribution is 2.26. The number of amides is 1. The fraction of sp³-hybridized carbons (Fsp3) is 0.529. The van der Waals surface area contributed by atoms with E-state index in [1.54, 1.807) is 6.07 Å². The molecule has 1 rings (SSSR count). The number of carbonyl (C=O) groups is 2. The average molecular weight is 307 g/mol. The van der Waals surface area contributed by atoms with Crippen LogP contribution in [0.1, 0.15) is 51.4 Å². The second-order valence-corrected chi connectivity index (χ2v) is 7.30. The third-order valence-electron chi connectivity index (χ3n) is 2.87. The molecule has 0 aliphatic heterocycles. The first-order valence-corrected chi connectivity index (χ1v) is 7.26. The first-order valence-electron chi connectivity index (χ1n) is 7.26. The Balaban J connectivity index is 2.51. The first-order chi connectivity index (χ1) is 9.98. The standard InChI is InChI=1S/C17H25NO4/c1-16(2,3)11-17(4,5)18-14(20)10-22-15(21)12-7-6-8-13(19)9-12/h6-9,19H,10-11H2,1-5H3,(H,18,20). The van der Waals surface area contributed by atoms with Crippen molar-refractivity contribution in [2.45, 2.75) is 46.6 Å². The molecule has 0 heterocycles. The molecule has 0 saturated carbocycles.